The first-order chi connectivity index (χ1) is 41.4. The zero-order valence-corrected chi connectivity index (χ0v) is 58.5. The van der Waals surface area contributed by atoms with Gasteiger partial charge in [-0.1, -0.05) is 340 Å². The largest absolute Gasteiger partial charge is 0.756 e. The maximum absolute atomic E-state index is 13.6. The molecule has 0 saturated carbocycles. The van der Waals surface area contributed by atoms with E-state index in [0.29, 0.717) is 17.4 Å². The number of unbranched alkanes of at least 4 members (excludes halogenated alkanes) is 49. The van der Waals surface area contributed by atoms with Gasteiger partial charge in [-0.25, -0.2) is 0 Å². The minimum absolute atomic E-state index is 0.0204. The molecule has 0 saturated heterocycles. The van der Waals surface area contributed by atoms with E-state index in [-0.39, 0.29) is 31.5 Å². The summed E-state index contributed by atoms with van der Waals surface area (Å²) < 4.78 is 30.5. The highest BCUT2D eigenvalue weighted by Crippen LogP contribution is 2.38. The molecule has 0 heterocycles. The van der Waals surface area contributed by atoms with Gasteiger partial charge >= 0.3 is 5.97 Å². The van der Waals surface area contributed by atoms with Crippen LogP contribution in [0.2, 0.25) is 0 Å². The van der Waals surface area contributed by atoms with Crippen molar-refractivity contribution in [2.24, 2.45) is 0 Å². The summed E-state index contributed by atoms with van der Waals surface area (Å²) in [6, 6.07) is -0.888. The lowest BCUT2D eigenvalue weighted by Gasteiger charge is -2.30. The van der Waals surface area contributed by atoms with Crippen LogP contribution in [0.5, 0.6) is 0 Å². The Morgan fingerprint density at radius 2 is 0.718 bits per heavy atom. The van der Waals surface area contributed by atoms with E-state index < -0.39 is 20.0 Å². The third-order valence-corrected chi connectivity index (χ3v) is 18.0. The van der Waals surface area contributed by atoms with Crippen LogP contribution in [-0.4, -0.2) is 69.4 Å². The van der Waals surface area contributed by atoms with Gasteiger partial charge in [0.25, 0.3) is 7.82 Å². The second kappa shape index (κ2) is 65.2. The van der Waals surface area contributed by atoms with Crippen LogP contribution in [0, 0.1) is 0 Å². The molecule has 9 nitrogen and oxygen atoms in total. The Morgan fingerprint density at radius 1 is 0.412 bits per heavy atom. The van der Waals surface area contributed by atoms with E-state index in [0.717, 1.165) is 77.0 Å². The summed E-state index contributed by atoms with van der Waals surface area (Å²) in [5, 5.41) is 3.05. The first kappa shape index (κ1) is 83.2. The van der Waals surface area contributed by atoms with Crippen molar-refractivity contribution in [3.63, 3.8) is 0 Å². The fourth-order valence-corrected chi connectivity index (χ4v) is 12.0. The number of carbonyl (C=O) groups excluding carboxylic acids is 2. The van der Waals surface area contributed by atoms with Gasteiger partial charge < -0.3 is 28.5 Å². The molecule has 0 aliphatic rings. The number of hydrogen-bond acceptors (Lipinski definition) is 7. The highest BCUT2D eigenvalue weighted by atomic mass is 31.2. The van der Waals surface area contributed by atoms with Crippen molar-refractivity contribution in [2.75, 3.05) is 40.9 Å². The van der Waals surface area contributed by atoms with Crippen LogP contribution in [0.25, 0.3) is 0 Å². The van der Waals surface area contributed by atoms with Crippen LogP contribution in [0.1, 0.15) is 380 Å². The molecular weight excluding hydrogens is 1070 g/mol. The zero-order valence-electron chi connectivity index (χ0n) is 57.6. The third kappa shape index (κ3) is 66.5. The molecular formula is C75H145N2O7P. The van der Waals surface area contributed by atoms with E-state index in [1.807, 2.05) is 33.3 Å². The topological polar surface area (TPSA) is 114 Å². The summed E-state index contributed by atoms with van der Waals surface area (Å²) in [5.41, 5.74) is 0. The Hall–Kier alpha value is -1.77. The summed E-state index contributed by atoms with van der Waals surface area (Å²) in [6.45, 7) is 6.88. The maximum atomic E-state index is 13.6. The number of ether oxygens (including phenoxy) is 1. The van der Waals surface area contributed by atoms with Gasteiger partial charge in [0.1, 0.15) is 19.3 Å². The smallest absolute Gasteiger partial charge is 0.306 e. The molecule has 0 rings (SSSR count). The molecule has 1 amide bonds. The van der Waals surface area contributed by atoms with E-state index in [1.54, 1.807) is 0 Å². The number of amides is 1. The first-order valence-corrected chi connectivity index (χ1v) is 38.8. The van der Waals surface area contributed by atoms with Crippen molar-refractivity contribution in [2.45, 2.75) is 392 Å². The quantitative estimate of drug-likeness (QED) is 0.0212. The Kier molecular flexibility index (Phi) is 63.8. The predicted octanol–water partition coefficient (Wildman–Crippen LogP) is 23.2. The number of nitrogens with one attached hydrogen (secondary N) is 1. The third-order valence-electron chi connectivity index (χ3n) is 17.1. The molecule has 0 aromatic carbocycles. The van der Waals surface area contributed by atoms with E-state index >= 15 is 0 Å². The molecule has 0 spiro atoms. The Morgan fingerprint density at radius 3 is 1.08 bits per heavy atom. The van der Waals surface area contributed by atoms with Crippen LogP contribution in [0.4, 0.5) is 0 Å². The van der Waals surface area contributed by atoms with E-state index in [1.165, 1.54) is 270 Å². The van der Waals surface area contributed by atoms with Gasteiger partial charge in [-0.2, -0.15) is 0 Å². The zero-order chi connectivity index (χ0) is 62.1. The van der Waals surface area contributed by atoms with Gasteiger partial charge in [-0.3, -0.25) is 14.2 Å². The molecule has 0 radical (unpaired) electrons. The van der Waals surface area contributed by atoms with Crippen molar-refractivity contribution in [3.05, 3.63) is 36.5 Å². The van der Waals surface area contributed by atoms with Crippen molar-refractivity contribution in [1.82, 2.24) is 5.32 Å². The fraction of sp³-hybridized carbons (Fsp3) is 0.893. The summed E-state index contributed by atoms with van der Waals surface area (Å²) in [7, 11) is 1.20. The summed E-state index contributed by atoms with van der Waals surface area (Å²) in [4.78, 5) is 40.2. The van der Waals surface area contributed by atoms with Gasteiger partial charge in [0.2, 0.25) is 5.91 Å². The van der Waals surface area contributed by atoms with Gasteiger partial charge in [0, 0.05) is 12.8 Å². The maximum Gasteiger partial charge on any atom is 0.306 e. The number of nitrogens with zero attached hydrogens (tertiary/aromatic N) is 1. The second-order valence-electron chi connectivity index (χ2n) is 26.8. The molecule has 0 aromatic heterocycles. The predicted molar refractivity (Wildman–Crippen MR) is 367 cm³/mol. The number of carbonyl (C=O) groups is 2. The number of likely N-dealkylation sites (N-methyl/N-ethyl adjacent to an activating group) is 1. The number of quaternary nitrogens is 1. The van der Waals surface area contributed by atoms with Crippen LogP contribution in [0.3, 0.4) is 0 Å². The summed E-state index contributed by atoms with van der Waals surface area (Å²) in [5.74, 6) is -0.524. The number of esters is 1. The molecule has 0 bridgehead atoms. The highest BCUT2D eigenvalue weighted by Gasteiger charge is 2.27. The van der Waals surface area contributed by atoms with Crippen LogP contribution in [0.15, 0.2) is 36.5 Å². The first-order valence-electron chi connectivity index (χ1n) is 37.3. The van der Waals surface area contributed by atoms with Crippen molar-refractivity contribution in [1.29, 1.82) is 0 Å². The monoisotopic (exact) mass is 1220 g/mol. The van der Waals surface area contributed by atoms with Gasteiger partial charge in [0.15, 0.2) is 0 Å². The number of hydrogen-bond donors (Lipinski definition) is 1. The number of phosphoric ester groups is 1. The Bertz CT molecular complexity index is 1550. The second-order valence-corrected chi connectivity index (χ2v) is 28.2. The van der Waals surface area contributed by atoms with Gasteiger partial charge in [-0.05, 0) is 63.9 Å². The van der Waals surface area contributed by atoms with Crippen LogP contribution in [-0.2, 0) is 27.9 Å². The van der Waals surface area contributed by atoms with Crippen LogP contribution >= 0.6 is 7.82 Å². The van der Waals surface area contributed by atoms with Crippen LogP contribution < -0.4 is 10.2 Å². The summed E-state index contributed by atoms with van der Waals surface area (Å²) >= 11 is 0. The lowest BCUT2D eigenvalue weighted by atomic mass is 10.0. The standard InChI is InChI=1S/C75H145N2O7P/c1-7-10-13-16-19-22-25-28-30-32-34-35-36-37-38-39-40-41-43-45-47-50-53-56-59-62-65-68-75(79)84-73(66-63-60-57-54-51-48-27-24-21-18-15-12-9-3)72(71-83-85(80,81)82-70-69-77(4,5)6)76-74(78)67-64-61-58-55-52-49-46-44-42-33-31-29-26-23-20-17-14-11-8-2/h20,23,29,31,63,66,72-73H,7-19,21-22,24-28,30,32-62,64-65,67-71H2,1-6H3,(H-,76,78,80,81)/b23-20-,31-29-,66-63-. The summed E-state index contributed by atoms with van der Waals surface area (Å²) in [6.07, 6.45) is 81.4. The molecule has 3 unspecified atom stereocenters. The van der Waals surface area contributed by atoms with Gasteiger partial charge in [0.05, 0.1) is 33.8 Å². The lowest BCUT2D eigenvalue weighted by Crippen LogP contribution is -2.47. The molecule has 0 aromatic rings. The van der Waals surface area contributed by atoms with Crippen molar-refractivity contribution < 1.29 is 37.3 Å². The van der Waals surface area contributed by atoms with E-state index in [4.69, 9.17) is 13.8 Å². The van der Waals surface area contributed by atoms with Crippen molar-refractivity contribution >= 4 is 19.7 Å². The fourth-order valence-electron chi connectivity index (χ4n) is 11.3. The average Bonchev–Trinajstić information content (AvgIpc) is 3.50. The molecule has 1 N–H and O–H groups in total. The number of allylic oxidation sites excluding steroid dienone is 5. The SMILES string of the molecule is CCCCC/C=C\C/C=C\CCCCCCCCCCCC(=O)NC(COP(=O)([O-])OCC[N+](C)(C)C)C(/C=C\CCCCCCCCCCCCC)OC(=O)CCCCCCCCCCCCCCCCCCCCCCCCCCCCC. The van der Waals surface area contributed by atoms with Gasteiger partial charge in [-0.15, -0.1) is 0 Å². The average molecular weight is 1220 g/mol. The molecule has 85 heavy (non-hydrogen) atoms. The molecule has 10 heteroatoms. The molecule has 502 valence electrons. The lowest BCUT2D eigenvalue weighted by molar-refractivity contribution is -0.870. The minimum Gasteiger partial charge on any atom is -0.756 e. The molecule has 3 atom stereocenters. The number of rotatable bonds is 69. The molecule has 0 fully saturated rings. The number of phosphoric acid groups is 1. The highest BCUT2D eigenvalue weighted by molar-refractivity contribution is 7.45. The Balaban J connectivity index is 4.99. The Labute approximate surface area is 529 Å². The van der Waals surface area contributed by atoms with E-state index in [9.17, 15) is 19.0 Å². The molecule has 0 aliphatic heterocycles. The minimum atomic E-state index is -4.70. The normalized spacial score (nSPS) is 13.6. The molecule has 0 aliphatic carbocycles. The van der Waals surface area contributed by atoms with Crippen molar-refractivity contribution in [3.8, 4) is 0 Å². The van der Waals surface area contributed by atoms with E-state index in [2.05, 4.69) is 50.4 Å².